The number of benzene rings is 2. The van der Waals surface area contributed by atoms with Gasteiger partial charge in [0.25, 0.3) is 5.91 Å². The first-order valence-electron chi connectivity index (χ1n) is 8.95. The Labute approximate surface area is 163 Å². The van der Waals surface area contributed by atoms with Crippen LogP contribution in [0.5, 0.6) is 5.75 Å². The minimum Gasteiger partial charge on any atom is -0.490 e. The molecule has 0 saturated carbocycles. The number of aryl methyl sites for hydroxylation is 1. The number of carbonyl (C=O) groups is 3. The van der Waals surface area contributed by atoms with Gasteiger partial charge < -0.3 is 14.8 Å². The third-order valence-electron chi connectivity index (χ3n) is 4.55. The topological polar surface area (TPSA) is 84.9 Å². The maximum absolute atomic E-state index is 12.7. The van der Waals surface area contributed by atoms with E-state index in [1.807, 2.05) is 37.3 Å². The summed E-state index contributed by atoms with van der Waals surface area (Å²) in [5.41, 5.74) is 0.568. The molecule has 7 nitrogen and oxygen atoms in total. The maximum atomic E-state index is 12.7. The van der Waals surface area contributed by atoms with Gasteiger partial charge in [-0.05, 0) is 31.5 Å². The van der Waals surface area contributed by atoms with Crippen molar-refractivity contribution in [2.24, 2.45) is 0 Å². The number of carbonyl (C=O) groups excluding carboxylic acids is 3. The summed E-state index contributed by atoms with van der Waals surface area (Å²) in [6, 6.07) is 15.8. The van der Waals surface area contributed by atoms with Crippen molar-refractivity contribution >= 4 is 17.9 Å². The van der Waals surface area contributed by atoms with Crippen molar-refractivity contribution in [3.05, 3.63) is 65.7 Å². The Hall–Kier alpha value is -3.35. The van der Waals surface area contributed by atoms with Gasteiger partial charge in [0.2, 0.25) is 0 Å². The van der Waals surface area contributed by atoms with Crippen molar-refractivity contribution in [1.82, 2.24) is 10.2 Å². The molecular formula is C21H22N2O5. The second-order valence-electron chi connectivity index (χ2n) is 6.69. The molecule has 1 aliphatic rings. The largest absolute Gasteiger partial charge is 0.490 e. The molecule has 0 unspecified atom stereocenters. The normalized spacial score (nSPS) is 18.7. The third-order valence-corrected chi connectivity index (χ3v) is 4.55. The average molecular weight is 382 g/mol. The van der Waals surface area contributed by atoms with Gasteiger partial charge in [-0.3, -0.25) is 14.5 Å². The highest BCUT2D eigenvalue weighted by molar-refractivity contribution is 6.08. The van der Waals surface area contributed by atoms with Crippen LogP contribution in [-0.4, -0.2) is 42.6 Å². The fourth-order valence-electron chi connectivity index (χ4n) is 2.93. The summed E-state index contributed by atoms with van der Waals surface area (Å²) in [4.78, 5) is 37.9. The van der Waals surface area contributed by atoms with Crippen LogP contribution in [0, 0.1) is 6.92 Å². The second kappa shape index (κ2) is 8.12. The lowest BCUT2D eigenvalue weighted by atomic mass is 9.92. The van der Waals surface area contributed by atoms with Crippen LogP contribution in [0.25, 0.3) is 0 Å². The fourth-order valence-corrected chi connectivity index (χ4v) is 2.93. The maximum Gasteiger partial charge on any atom is 0.326 e. The summed E-state index contributed by atoms with van der Waals surface area (Å²) < 4.78 is 10.6. The summed E-state index contributed by atoms with van der Waals surface area (Å²) in [7, 11) is 0. The number of hydrogen-bond acceptors (Lipinski definition) is 5. The van der Waals surface area contributed by atoms with E-state index in [1.165, 1.54) is 0 Å². The number of rotatable bonds is 7. The number of imide groups is 1. The minimum absolute atomic E-state index is 0.0202. The van der Waals surface area contributed by atoms with Gasteiger partial charge in [-0.25, -0.2) is 4.79 Å². The molecule has 7 heteroatoms. The first-order chi connectivity index (χ1) is 13.4. The van der Waals surface area contributed by atoms with Crippen LogP contribution in [0.15, 0.2) is 54.6 Å². The van der Waals surface area contributed by atoms with Gasteiger partial charge in [-0.2, -0.15) is 0 Å². The predicted molar refractivity (Wildman–Crippen MR) is 102 cm³/mol. The lowest BCUT2D eigenvalue weighted by Crippen LogP contribution is -2.41. The summed E-state index contributed by atoms with van der Waals surface area (Å²) in [5, 5.41) is 2.65. The standard InChI is InChI=1S/C21H22N2O5/c1-15-8-10-17(11-9-15)27-12-13-28-18(24)14-23-19(25)21(2,22-20(23)26)16-6-4-3-5-7-16/h3-11H,12-14H2,1-2H3,(H,22,26)/t21-/m0/s1. The van der Waals surface area contributed by atoms with Crippen molar-refractivity contribution in [2.45, 2.75) is 19.4 Å². The fraction of sp³-hybridized carbons (Fsp3) is 0.286. The Kier molecular flexibility index (Phi) is 5.63. The lowest BCUT2D eigenvalue weighted by Gasteiger charge is -2.21. The number of nitrogens with one attached hydrogen (secondary N) is 1. The Morgan fingerprint density at radius 1 is 1.04 bits per heavy atom. The second-order valence-corrected chi connectivity index (χ2v) is 6.69. The monoisotopic (exact) mass is 382 g/mol. The Balaban J connectivity index is 1.50. The van der Waals surface area contributed by atoms with Crippen LogP contribution in [0.1, 0.15) is 18.1 Å². The average Bonchev–Trinajstić information content (AvgIpc) is 2.91. The van der Waals surface area contributed by atoms with Crippen molar-refractivity contribution < 1.29 is 23.9 Å². The number of nitrogens with zero attached hydrogens (tertiary/aromatic N) is 1. The van der Waals surface area contributed by atoms with Crippen LogP contribution in [0.2, 0.25) is 0 Å². The van der Waals surface area contributed by atoms with E-state index in [0.717, 1.165) is 10.5 Å². The van der Waals surface area contributed by atoms with Crippen molar-refractivity contribution in [1.29, 1.82) is 0 Å². The van der Waals surface area contributed by atoms with Crippen LogP contribution >= 0.6 is 0 Å². The Morgan fingerprint density at radius 3 is 2.39 bits per heavy atom. The first kappa shape index (κ1) is 19.4. The molecule has 0 aromatic heterocycles. The zero-order valence-corrected chi connectivity index (χ0v) is 15.8. The quantitative estimate of drug-likeness (QED) is 0.452. The Bertz CT molecular complexity index is 866. The molecule has 0 radical (unpaired) electrons. The molecule has 0 spiro atoms. The molecule has 28 heavy (non-hydrogen) atoms. The van der Waals surface area contributed by atoms with Crippen LogP contribution in [0.3, 0.4) is 0 Å². The number of urea groups is 1. The highest BCUT2D eigenvalue weighted by Gasteiger charge is 2.49. The van der Waals surface area contributed by atoms with Gasteiger partial charge in [0, 0.05) is 0 Å². The summed E-state index contributed by atoms with van der Waals surface area (Å²) in [6.45, 7) is 3.34. The van der Waals surface area contributed by atoms with Gasteiger partial charge >= 0.3 is 12.0 Å². The van der Waals surface area contributed by atoms with Crippen molar-refractivity contribution in [3.8, 4) is 5.75 Å². The summed E-state index contributed by atoms with van der Waals surface area (Å²) in [6.07, 6.45) is 0. The highest BCUT2D eigenvalue weighted by atomic mass is 16.6. The molecule has 3 amide bonds. The number of ether oxygens (including phenoxy) is 2. The molecule has 1 heterocycles. The molecule has 146 valence electrons. The van der Waals surface area contributed by atoms with E-state index in [1.54, 1.807) is 31.2 Å². The van der Waals surface area contributed by atoms with E-state index in [-0.39, 0.29) is 13.2 Å². The number of esters is 1. The first-order valence-corrected chi connectivity index (χ1v) is 8.95. The zero-order valence-electron chi connectivity index (χ0n) is 15.8. The van der Waals surface area contributed by atoms with E-state index in [4.69, 9.17) is 9.47 Å². The Morgan fingerprint density at radius 2 is 1.71 bits per heavy atom. The predicted octanol–water partition coefficient (Wildman–Crippen LogP) is 2.38. The van der Waals surface area contributed by atoms with Gasteiger partial charge in [0.05, 0.1) is 0 Å². The molecule has 0 aliphatic carbocycles. The molecule has 0 bridgehead atoms. The molecule has 1 N–H and O–H groups in total. The zero-order chi connectivity index (χ0) is 20.1. The summed E-state index contributed by atoms with van der Waals surface area (Å²) in [5.74, 6) is -0.487. The number of hydrogen-bond donors (Lipinski definition) is 1. The van der Waals surface area contributed by atoms with Gasteiger partial charge in [0.15, 0.2) is 0 Å². The highest BCUT2D eigenvalue weighted by Crippen LogP contribution is 2.28. The molecular weight excluding hydrogens is 360 g/mol. The summed E-state index contributed by atoms with van der Waals surface area (Å²) >= 11 is 0. The van der Waals surface area contributed by atoms with Crippen molar-refractivity contribution in [3.63, 3.8) is 0 Å². The van der Waals surface area contributed by atoms with Gasteiger partial charge in [0.1, 0.15) is 31.0 Å². The van der Waals surface area contributed by atoms with Crippen LogP contribution in [-0.2, 0) is 19.9 Å². The molecule has 1 aliphatic heterocycles. The molecule has 1 atom stereocenters. The minimum atomic E-state index is -1.20. The van der Waals surface area contributed by atoms with Crippen LogP contribution < -0.4 is 10.1 Å². The van der Waals surface area contributed by atoms with Gasteiger partial charge in [-0.1, -0.05) is 48.0 Å². The van der Waals surface area contributed by atoms with Gasteiger partial charge in [-0.15, -0.1) is 0 Å². The molecule has 2 aromatic rings. The van der Waals surface area contributed by atoms with E-state index >= 15 is 0 Å². The van der Waals surface area contributed by atoms with E-state index < -0.39 is 30.0 Å². The number of amides is 3. The third kappa shape index (κ3) is 4.14. The molecule has 2 aromatic carbocycles. The lowest BCUT2D eigenvalue weighted by molar-refractivity contribution is -0.148. The van der Waals surface area contributed by atoms with E-state index in [0.29, 0.717) is 11.3 Å². The SMILES string of the molecule is Cc1ccc(OCCOC(=O)CN2C(=O)N[C@@](C)(c3ccccc3)C2=O)cc1. The molecule has 1 saturated heterocycles. The van der Waals surface area contributed by atoms with Crippen LogP contribution in [0.4, 0.5) is 4.79 Å². The van der Waals surface area contributed by atoms with E-state index in [9.17, 15) is 14.4 Å². The molecule has 3 rings (SSSR count). The van der Waals surface area contributed by atoms with E-state index in [2.05, 4.69) is 5.32 Å². The smallest absolute Gasteiger partial charge is 0.326 e. The van der Waals surface area contributed by atoms with Crippen molar-refractivity contribution in [2.75, 3.05) is 19.8 Å². The molecule has 1 fully saturated rings.